The molecule has 3 aliphatic carbocycles. The Balaban J connectivity index is 1.47. The molecular weight excluding hydrogens is 488 g/mol. The lowest BCUT2D eigenvalue weighted by Gasteiger charge is -2.49. The highest BCUT2D eigenvalue weighted by Gasteiger charge is 2.79. The van der Waals surface area contributed by atoms with Crippen molar-refractivity contribution in [3.63, 3.8) is 0 Å². The van der Waals surface area contributed by atoms with Crippen LogP contribution in [-0.2, 0) is 40.0 Å². The van der Waals surface area contributed by atoms with Crippen LogP contribution in [0.1, 0.15) is 84.4 Å². The van der Waals surface area contributed by atoms with Gasteiger partial charge in [-0.05, 0) is 44.5 Å². The molecule has 0 saturated heterocycles. The molecule has 2 bridgehead atoms. The summed E-state index contributed by atoms with van der Waals surface area (Å²) >= 11 is 0. The zero-order valence-electron chi connectivity index (χ0n) is 23.0. The molecule has 6 atom stereocenters. The third-order valence-electron chi connectivity index (χ3n) is 11.8. The normalized spacial score (nSPS) is 35.3. The van der Waals surface area contributed by atoms with Crippen molar-refractivity contribution >= 4 is 11.9 Å². The van der Waals surface area contributed by atoms with Crippen LogP contribution in [0.3, 0.4) is 0 Å². The molecule has 4 unspecified atom stereocenters. The molecule has 5 nitrogen and oxygen atoms in total. The summed E-state index contributed by atoms with van der Waals surface area (Å²) in [5.74, 6) is -1.10. The second-order valence-corrected chi connectivity index (χ2v) is 12.3. The van der Waals surface area contributed by atoms with Crippen molar-refractivity contribution in [3.8, 4) is 0 Å². The number of rotatable bonds is 2. The highest BCUT2D eigenvalue weighted by molar-refractivity contribution is 6.04. The zero-order valence-corrected chi connectivity index (χ0v) is 23.0. The molecule has 0 saturated carbocycles. The molecule has 0 amide bonds. The Bertz CT molecular complexity index is 1610. The SMILES string of the molecule is COC(=O)C1=C(C(=O)OC)C2OC1c1cc3c(cc12)[C@@]1(C)c2ccccc2C2(C)c4ccccc4[C@]3(C)C21C. The first-order valence-electron chi connectivity index (χ1n) is 13.6. The third kappa shape index (κ3) is 2.01. The first-order chi connectivity index (χ1) is 18.6. The largest absolute Gasteiger partial charge is 0.466 e. The zero-order chi connectivity index (χ0) is 27.3. The van der Waals surface area contributed by atoms with E-state index in [9.17, 15) is 9.59 Å². The van der Waals surface area contributed by atoms with E-state index >= 15 is 0 Å². The summed E-state index contributed by atoms with van der Waals surface area (Å²) in [5.41, 5.74) is 9.46. The monoisotopic (exact) mass is 518 g/mol. The van der Waals surface area contributed by atoms with Crippen molar-refractivity contribution in [3.05, 3.63) is 116 Å². The molecule has 0 N–H and O–H groups in total. The second kappa shape index (κ2) is 6.71. The smallest absolute Gasteiger partial charge is 0.337 e. The minimum absolute atomic E-state index is 0.193. The fourth-order valence-corrected chi connectivity index (χ4v) is 9.84. The summed E-state index contributed by atoms with van der Waals surface area (Å²) in [7, 11) is 2.66. The van der Waals surface area contributed by atoms with E-state index in [0.29, 0.717) is 0 Å². The number of esters is 2. The van der Waals surface area contributed by atoms with Gasteiger partial charge in [0, 0.05) is 21.7 Å². The Morgan fingerprint density at radius 3 is 1.28 bits per heavy atom. The molecule has 0 aromatic heterocycles. The van der Waals surface area contributed by atoms with Gasteiger partial charge in [-0.2, -0.15) is 0 Å². The van der Waals surface area contributed by atoms with Gasteiger partial charge in [-0.1, -0.05) is 88.4 Å². The van der Waals surface area contributed by atoms with Gasteiger partial charge in [0.05, 0.1) is 25.4 Å². The molecule has 0 spiro atoms. The van der Waals surface area contributed by atoms with Crippen LogP contribution in [0.5, 0.6) is 0 Å². The van der Waals surface area contributed by atoms with Gasteiger partial charge in [0.25, 0.3) is 0 Å². The lowest BCUT2D eigenvalue weighted by Crippen LogP contribution is -2.51. The van der Waals surface area contributed by atoms with Gasteiger partial charge in [0.1, 0.15) is 12.2 Å². The Hall–Kier alpha value is -3.70. The van der Waals surface area contributed by atoms with Crippen LogP contribution < -0.4 is 0 Å². The average molecular weight is 519 g/mol. The van der Waals surface area contributed by atoms with Crippen LogP contribution in [-0.4, -0.2) is 26.2 Å². The fraction of sp³-hybridized carbons (Fsp3) is 0.353. The highest BCUT2D eigenvalue weighted by atomic mass is 16.5. The summed E-state index contributed by atoms with van der Waals surface area (Å²) in [6, 6.07) is 22.4. The van der Waals surface area contributed by atoms with Gasteiger partial charge in [-0.3, -0.25) is 0 Å². The first-order valence-corrected chi connectivity index (χ1v) is 13.6. The lowest BCUT2D eigenvalue weighted by atomic mass is 9.52. The number of carbonyl (C=O) groups is 2. The van der Waals surface area contributed by atoms with E-state index < -0.39 is 24.1 Å². The molecule has 0 radical (unpaired) electrons. The molecule has 3 aromatic carbocycles. The average Bonchev–Trinajstić information content (AvgIpc) is 3.65. The standard InChI is InChI=1S/C34H30O5/c1-31-19-11-7-9-13-21(19)32(2)23-15-17-18(28-26(30(36)38-6)25(27(17)39-28)29(35)37-5)16-24(23)33(3,34(31,32)4)22-14-10-8-12-20(22)31/h7-16,27-28H,1-6H3/t27?,28?,31?,32-,33+,34?. The summed E-state index contributed by atoms with van der Waals surface area (Å²) in [6.07, 6.45) is -1.31. The number of hydrogen-bond acceptors (Lipinski definition) is 5. The second-order valence-electron chi connectivity index (χ2n) is 12.3. The van der Waals surface area contributed by atoms with E-state index in [1.54, 1.807) is 0 Å². The van der Waals surface area contributed by atoms with E-state index in [4.69, 9.17) is 14.2 Å². The van der Waals surface area contributed by atoms with Crippen LogP contribution >= 0.6 is 0 Å². The number of fused-ring (bicyclic) bond motifs is 14. The van der Waals surface area contributed by atoms with Crippen LogP contribution in [0.25, 0.3) is 0 Å². The van der Waals surface area contributed by atoms with Gasteiger partial charge in [0.2, 0.25) is 0 Å². The lowest BCUT2D eigenvalue weighted by molar-refractivity contribution is -0.139. The number of carbonyl (C=O) groups excluding carboxylic acids is 2. The third-order valence-corrected chi connectivity index (χ3v) is 11.8. The maximum absolute atomic E-state index is 12.9. The minimum atomic E-state index is -0.656. The van der Waals surface area contributed by atoms with E-state index in [2.05, 4.69) is 88.4 Å². The van der Waals surface area contributed by atoms with Crippen LogP contribution in [0.15, 0.2) is 71.8 Å². The van der Waals surface area contributed by atoms with Crippen molar-refractivity contribution in [1.82, 2.24) is 0 Å². The van der Waals surface area contributed by atoms with Crippen LogP contribution in [0.2, 0.25) is 0 Å². The predicted octanol–water partition coefficient (Wildman–Crippen LogP) is 5.72. The predicted molar refractivity (Wildman–Crippen MR) is 144 cm³/mol. The maximum atomic E-state index is 12.9. The highest BCUT2D eigenvalue weighted by Crippen LogP contribution is 2.82. The molecule has 0 fully saturated rings. The fourth-order valence-electron chi connectivity index (χ4n) is 9.84. The van der Waals surface area contributed by atoms with E-state index in [1.165, 1.54) is 47.6 Å². The number of methoxy groups -OCH3 is 2. The molecule has 39 heavy (non-hydrogen) atoms. The van der Waals surface area contributed by atoms with Gasteiger partial charge in [-0.25, -0.2) is 9.59 Å². The van der Waals surface area contributed by atoms with Crippen molar-refractivity contribution in [2.45, 2.75) is 56.1 Å². The van der Waals surface area contributed by atoms with Gasteiger partial charge >= 0.3 is 11.9 Å². The minimum Gasteiger partial charge on any atom is -0.466 e. The number of hydrogen-bond donors (Lipinski definition) is 0. The van der Waals surface area contributed by atoms with Crippen molar-refractivity contribution in [2.24, 2.45) is 5.41 Å². The van der Waals surface area contributed by atoms with Crippen LogP contribution in [0.4, 0.5) is 0 Å². The van der Waals surface area contributed by atoms with Crippen molar-refractivity contribution in [2.75, 3.05) is 14.2 Å². The van der Waals surface area contributed by atoms with E-state index in [1.807, 2.05) is 0 Å². The molecule has 8 rings (SSSR count). The molecular formula is C34H30O5. The van der Waals surface area contributed by atoms with E-state index in [0.717, 1.165) is 11.1 Å². The Labute approximate surface area is 227 Å². The van der Waals surface area contributed by atoms with Gasteiger partial charge in [0.15, 0.2) is 0 Å². The van der Waals surface area contributed by atoms with Crippen LogP contribution in [0, 0.1) is 5.41 Å². The van der Waals surface area contributed by atoms with Gasteiger partial charge in [-0.15, -0.1) is 0 Å². The Morgan fingerprint density at radius 1 is 0.615 bits per heavy atom. The maximum Gasteiger partial charge on any atom is 0.337 e. The topological polar surface area (TPSA) is 61.8 Å². The Morgan fingerprint density at radius 2 is 0.949 bits per heavy atom. The summed E-state index contributed by atoms with van der Waals surface area (Å²) in [4.78, 5) is 25.8. The van der Waals surface area contributed by atoms with E-state index in [-0.39, 0.29) is 32.8 Å². The molecule has 3 aromatic rings. The summed E-state index contributed by atoms with van der Waals surface area (Å²) in [5, 5.41) is 0. The first kappa shape index (κ1) is 23.2. The molecule has 196 valence electrons. The van der Waals surface area contributed by atoms with Crippen molar-refractivity contribution < 1.29 is 23.8 Å². The molecule has 5 aliphatic rings. The van der Waals surface area contributed by atoms with Gasteiger partial charge < -0.3 is 14.2 Å². The van der Waals surface area contributed by atoms with Crippen molar-refractivity contribution in [1.29, 1.82) is 0 Å². The summed E-state index contributed by atoms with van der Waals surface area (Å²) in [6.45, 7) is 9.72. The molecule has 2 heterocycles. The quantitative estimate of drug-likeness (QED) is 0.406. The summed E-state index contributed by atoms with van der Waals surface area (Å²) < 4.78 is 16.5. The molecule has 2 aliphatic heterocycles. The molecule has 5 heteroatoms. The Kier molecular flexibility index (Phi) is 3.99. The number of ether oxygens (including phenoxy) is 3. The number of benzene rings is 3.